The summed E-state index contributed by atoms with van der Waals surface area (Å²) < 4.78 is 38.2. The van der Waals surface area contributed by atoms with Crippen LogP contribution in [0.1, 0.15) is 27.9 Å². The van der Waals surface area contributed by atoms with E-state index in [1.54, 1.807) is 0 Å². The number of allylic oxidation sites excluding steroid dienone is 1. The Bertz CT molecular complexity index is 467. The van der Waals surface area contributed by atoms with Crippen molar-refractivity contribution in [1.29, 1.82) is 0 Å². The Morgan fingerprint density at radius 2 is 2.06 bits per heavy atom. The maximum atomic E-state index is 12.7. The highest BCUT2D eigenvalue weighted by molar-refractivity contribution is 6.17. The number of rotatable bonds is 4. The number of carboxylic acids is 1. The maximum Gasteiger partial charge on any atom is 0.417 e. The second kappa shape index (κ2) is 5.91. The van der Waals surface area contributed by atoms with Crippen molar-refractivity contribution in [3.8, 4) is 0 Å². The van der Waals surface area contributed by atoms with Crippen LogP contribution in [0.15, 0.2) is 24.3 Å². The summed E-state index contributed by atoms with van der Waals surface area (Å²) in [7, 11) is 0. The van der Waals surface area contributed by atoms with E-state index in [2.05, 4.69) is 0 Å². The first-order chi connectivity index (χ1) is 8.36. The van der Waals surface area contributed by atoms with Gasteiger partial charge >= 0.3 is 12.1 Å². The molecule has 98 valence electrons. The topological polar surface area (TPSA) is 37.3 Å². The van der Waals surface area contributed by atoms with Crippen LogP contribution in [0.5, 0.6) is 0 Å². The van der Waals surface area contributed by atoms with Crippen LogP contribution in [0.2, 0.25) is 0 Å². The van der Waals surface area contributed by atoms with E-state index in [-0.39, 0.29) is 5.56 Å². The Balaban J connectivity index is 3.21. The fourth-order valence-corrected chi connectivity index (χ4v) is 1.48. The van der Waals surface area contributed by atoms with Crippen molar-refractivity contribution in [2.75, 3.05) is 5.88 Å². The minimum Gasteiger partial charge on any atom is -0.478 e. The number of aromatic carboxylic acids is 1. The molecular weight excluding hydrogens is 269 g/mol. The van der Waals surface area contributed by atoms with Crippen LogP contribution in [0.3, 0.4) is 0 Å². The molecule has 1 N–H and O–H groups in total. The first-order valence-electron chi connectivity index (χ1n) is 5.03. The highest BCUT2D eigenvalue weighted by atomic mass is 35.5. The number of hydrogen-bond donors (Lipinski definition) is 1. The summed E-state index contributed by atoms with van der Waals surface area (Å²) in [6.07, 6.45) is -1.35. The van der Waals surface area contributed by atoms with Gasteiger partial charge in [-0.25, -0.2) is 4.79 Å². The lowest BCUT2D eigenvalue weighted by Gasteiger charge is -2.11. The molecule has 1 aromatic carbocycles. The zero-order chi connectivity index (χ0) is 13.8. The van der Waals surface area contributed by atoms with Crippen molar-refractivity contribution in [2.24, 2.45) is 0 Å². The van der Waals surface area contributed by atoms with E-state index in [9.17, 15) is 18.0 Å². The van der Waals surface area contributed by atoms with E-state index >= 15 is 0 Å². The van der Waals surface area contributed by atoms with Gasteiger partial charge in [-0.2, -0.15) is 13.2 Å². The van der Waals surface area contributed by atoms with Gasteiger partial charge in [0.25, 0.3) is 0 Å². The smallest absolute Gasteiger partial charge is 0.417 e. The second-order valence-corrected chi connectivity index (χ2v) is 3.86. The highest BCUT2D eigenvalue weighted by Crippen LogP contribution is 2.33. The van der Waals surface area contributed by atoms with Gasteiger partial charge in [0, 0.05) is 5.88 Å². The third-order valence-electron chi connectivity index (χ3n) is 2.18. The molecule has 0 aromatic heterocycles. The van der Waals surface area contributed by atoms with Crippen molar-refractivity contribution in [3.63, 3.8) is 0 Å². The number of carbonyl (C=O) groups is 1. The van der Waals surface area contributed by atoms with Crippen molar-refractivity contribution >= 4 is 23.6 Å². The zero-order valence-corrected chi connectivity index (χ0v) is 9.92. The summed E-state index contributed by atoms with van der Waals surface area (Å²) in [5, 5.41) is 8.68. The summed E-state index contributed by atoms with van der Waals surface area (Å²) in [4.78, 5) is 10.6. The first-order valence-corrected chi connectivity index (χ1v) is 5.56. The average molecular weight is 279 g/mol. The molecule has 2 nitrogen and oxygen atoms in total. The lowest BCUT2D eigenvalue weighted by atomic mass is 10.0. The van der Waals surface area contributed by atoms with Gasteiger partial charge in [0.05, 0.1) is 11.1 Å². The van der Waals surface area contributed by atoms with Crippen LogP contribution < -0.4 is 0 Å². The van der Waals surface area contributed by atoms with Crippen LogP contribution in [0.4, 0.5) is 13.2 Å². The Morgan fingerprint density at radius 3 is 2.56 bits per heavy atom. The normalized spacial score (nSPS) is 12.0. The van der Waals surface area contributed by atoms with Crippen LogP contribution in [-0.2, 0) is 6.18 Å². The Labute approximate surface area is 107 Å². The summed E-state index contributed by atoms with van der Waals surface area (Å²) in [5.74, 6) is -1.08. The molecular formula is C12H10ClF3O2. The first kappa shape index (κ1) is 14.6. The van der Waals surface area contributed by atoms with Gasteiger partial charge in [0.1, 0.15) is 0 Å². The van der Waals surface area contributed by atoms with Crippen LogP contribution in [0, 0.1) is 0 Å². The molecule has 0 bridgehead atoms. The van der Waals surface area contributed by atoms with Crippen molar-refractivity contribution in [2.45, 2.75) is 12.6 Å². The van der Waals surface area contributed by atoms with Gasteiger partial charge in [0.2, 0.25) is 0 Å². The molecule has 0 saturated carbocycles. The predicted molar refractivity (Wildman–Crippen MR) is 62.8 cm³/mol. The molecule has 0 saturated heterocycles. The van der Waals surface area contributed by atoms with Gasteiger partial charge in [-0.1, -0.05) is 18.2 Å². The summed E-state index contributed by atoms with van der Waals surface area (Å²) >= 11 is 5.41. The number of alkyl halides is 4. The molecule has 0 atom stereocenters. The Morgan fingerprint density at radius 1 is 1.39 bits per heavy atom. The van der Waals surface area contributed by atoms with E-state index in [0.717, 1.165) is 12.1 Å². The summed E-state index contributed by atoms with van der Waals surface area (Å²) in [6.45, 7) is 0. The van der Waals surface area contributed by atoms with E-state index in [1.165, 1.54) is 12.2 Å². The number of benzene rings is 1. The number of halogens is 4. The molecule has 18 heavy (non-hydrogen) atoms. The lowest BCUT2D eigenvalue weighted by Crippen LogP contribution is -2.09. The maximum absolute atomic E-state index is 12.7. The second-order valence-electron chi connectivity index (χ2n) is 3.48. The number of carboxylic acid groups (broad SMARTS) is 1. The van der Waals surface area contributed by atoms with Gasteiger partial charge in [-0.05, 0) is 24.1 Å². The van der Waals surface area contributed by atoms with E-state index in [0.29, 0.717) is 18.4 Å². The Hall–Kier alpha value is -1.49. The van der Waals surface area contributed by atoms with Crippen LogP contribution in [0.25, 0.3) is 6.08 Å². The Kier molecular flexibility index (Phi) is 4.78. The van der Waals surface area contributed by atoms with Gasteiger partial charge in [-0.3, -0.25) is 0 Å². The largest absolute Gasteiger partial charge is 0.478 e. The molecule has 1 aromatic rings. The molecule has 0 heterocycles. The zero-order valence-electron chi connectivity index (χ0n) is 9.17. The van der Waals surface area contributed by atoms with E-state index in [4.69, 9.17) is 16.7 Å². The molecule has 0 aliphatic carbocycles. The van der Waals surface area contributed by atoms with Gasteiger partial charge in [0.15, 0.2) is 0 Å². The van der Waals surface area contributed by atoms with Crippen LogP contribution >= 0.6 is 11.6 Å². The number of hydrogen-bond acceptors (Lipinski definition) is 1. The minimum atomic E-state index is -4.59. The molecule has 0 amide bonds. The fourth-order valence-electron chi connectivity index (χ4n) is 1.35. The quantitative estimate of drug-likeness (QED) is 0.844. The van der Waals surface area contributed by atoms with Crippen molar-refractivity contribution < 1.29 is 23.1 Å². The summed E-state index contributed by atoms with van der Waals surface area (Å²) in [6, 6.07) is 2.90. The molecule has 1 rings (SSSR count). The molecule has 6 heteroatoms. The van der Waals surface area contributed by atoms with E-state index in [1.807, 2.05) is 0 Å². The minimum absolute atomic E-state index is 0.0717. The van der Waals surface area contributed by atoms with Gasteiger partial charge in [-0.15, -0.1) is 11.6 Å². The van der Waals surface area contributed by atoms with Crippen molar-refractivity contribution in [1.82, 2.24) is 0 Å². The van der Waals surface area contributed by atoms with Crippen molar-refractivity contribution in [3.05, 3.63) is 41.0 Å². The molecule has 0 radical (unpaired) electrons. The third-order valence-corrected chi connectivity index (χ3v) is 2.40. The molecule has 0 aliphatic heterocycles. The standard InChI is InChI=1S/C12H10ClF3O2/c13-6-2-1-3-8-4-5-9(11(17)18)7-10(8)12(14,15)16/h1,3-5,7H,2,6H2,(H,17,18). The monoisotopic (exact) mass is 278 g/mol. The fraction of sp³-hybridized carbons (Fsp3) is 0.250. The highest BCUT2D eigenvalue weighted by Gasteiger charge is 2.33. The average Bonchev–Trinajstić information content (AvgIpc) is 2.28. The SMILES string of the molecule is O=C(O)c1ccc(C=CCCCl)c(C(F)(F)F)c1. The molecule has 0 unspecified atom stereocenters. The molecule has 0 aliphatic rings. The van der Waals surface area contributed by atoms with Crippen LogP contribution in [-0.4, -0.2) is 17.0 Å². The lowest BCUT2D eigenvalue weighted by molar-refractivity contribution is -0.137. The summed E-state index contributed by atoms with van der Waals surface area (Å²) in [5.41, 5.74) is -1.43. The molecule has 0 spiro atoms. The third kappa shape index (κ3) is 3.77. The van der Waals surface area contributed by atoms with Gasteiger partial charge < -0.3 is 5.11 Å². The molecule has 0 fully saturated rings. The predicted octanol–water partition coefficient (Wildman–Crippen LogP) is 4.05. The van der Waals surface area contributed by atoms with E-state index < -0.39 is 23.3 Å².